The van der Waals surface area contributed by atoms with E-state index in [9.17, 15) is 9.90 Å². The maximum Gasteiger partial charge on any atom is 0.223 e. The van der Waals surface area contributed by atoms with Gasteiger partial charge in [-0.25, -0.2) is 0 Å². The Labute approximate surface area is 121 Å². The topological polar surface area (TPSA) is 56.2 Å². The van der Waals surface area contributed by atoms with Gasteiger partial charge in [-0.2, -0.15) is 0 Å². The van der Waals surface area contributed by atoms with Crippen LogP contribution in [-0.4, -0.2) is 98.4 Å². The molecule has 0 aromatic heterocycles. The van der Waals surface area contributed by atoms with E-state index in [1.54, 1.807) is 0 Å². The Kier molecular flexibility index (Phi) is 5.77. The lowest BCUT2D eigenvalue weighted by Gasteiger charge is -2.27. The monoisotopic (exact) mass is 285 g/mol. The maximum absolute atomic E-state index is 12.3. The van der Waals surface area contributed by atoms with E-state index in [2.05, 4.69) is 9.80 Å². The molecular formula is C14H27N3O3. The molecule has 6 nitrogen and oxygen atoms in total. The van der Waals surface area contributed by atoms with Crippen LogP contribution in [0.4, 0.5) is 0 Å². The molecule has 0 saturated carbocycles. The fraction of sp³-hybridized carbons (Fsp3) is 0.929. The minimum absolute atomic E-state index is 0.149. The van der Waals surface area contributed by atoms with Gasteiger partial charge in [0.15, 0.2) is 0 Å². The second-order valence-corrected chi connectivity index (χ2v) is 5.98. The third-order valence-corrected chi connectivity index (χ3v) is 4.40. The first-order valence-electron chi connectivity index (χ1n) is 7.47. The minimum Gasteiger partial charge on any atom is -0.396 e. The molecule has 6 heteroatoms. The second kappa shape index (κ2) is 7.36. The van der Waals surface area contributed by atoms with Gasteiger partial charge in [-0.3, -0.25) is 9.69 Å². The van der Waals surface area contributed by atoms with Gasteiger partial charge in [0.1, 0.15) is 0 Å². The van der Waals surface area contributed by atoms with Crippen molar-refractivity contribution in [3.8, 4) is 0 Å². The first-order valence-corrected chi connectivity index (χ1v) is 7.47. The Bertz CT molecular complexity index is 319. The van der Waals surface area contributed by atoms with Gasteiger partial charge >= 0.3 is 0 Å². The minimum atomic E-state index is 0.149. The smallest absolute Gasteiger partial charge is 0.223 e. The van der Waals surface area contributed by atoms with Crippen LogP contribution in [0.1, 0.15) is 6.42 Å². The van der Waals surface area contributed by atoms with Crippen molar-refractivity contribution in [1.29, 1.82) is 0 Å². The van der Waals surface area contributed by atoms with Crippen LogP contribution in [0.5, 0.6) is 0 Å². The van der Waals surface area contributed by atoms with E-state index in [1.165, 1.54) is 0 Å². The second-order valence-electron chi connectivity index (χ2n) is 5.98. The molecule has 2 saturated heterocycles. The number of amides is 1. The molecule has 2 aliphatic rings. The fourth-order valence-corrected chi connectivity index (χ4v) is 3.06. The Morgan fingerprint density at radius 2 is 2.00 bits per heavy atom. The van der Waals surface area contributed by atoms with Gasteiger partial charge in [-0.05, 0) is 14.1 Å². The van der Waals surface area contributed by atoms with Crippen LogP contribution < -0.4 is 0 Å². The number of likely N-dealkylation sites (tertiary alicyclic amines) is 1. The molecule has 0 bridgehead atoms. The number of aliphatic hydroxyl groups is 1. The van der Waals surface area contributed by atoms with Crippen LogP contribution >= 0.6 is 0 Å². The zero-order valence-corrected chi connectivity index (χ0v) is 12.6. The van der Waals surface area contributed by atoms with Gasteiger partial charge in [-0.15, -0.1) is 0 Å². The Balaban J connectivity index is 1.78. The number of ether oxygens (including phenoxy) is 1. The summed E-state index contributed by atoms with van der Waals surface area (Å²) in [5, 5.41) is 9.43. The van der Waals surface area contributed by atoms with Crippen LogP contribution in [0.15, 0.2) is 0 Å². The van der Waals surface area contributed by atoms with Crippen molar-refractivity contribution >= 4 is 5.91 Å². The molecule has 0 spiro atoms. The molecule has 2 heterocycles. The molecule has 1 N–H and O–H groups in total. The summed E-state index contributed by atoms with van der Waals surface area (Å²) >= 11 is 0. The van der Waals surface area contributed by atoms with Gasteiger partial charge in [0, 0.05) is 57.7 Å². The quantitative estimate of drug-likeness (QED) is 0.709. The van der Waals surface area contributed by atoms with E-state index in [4.69, 9.17) is 4.74 Å². The van der Waals surface area contributed by atoms with Crippen molar-refractivity contribution in [1.82, 2.24) is 14.7 Å². The maximum atomic E-state index is 12.3. The fourth-order valence-electron chi connectivity index (χ4n) is 3.06. The van der Waals surface area contributed by atoms with Crippen LogP contribution in [0.3, 0.4) is 0 Å². The Morgan fingerprint density at radius 3 is 2.55 bits per heavy atom. The summed E-state index contributed by atoms with van der Waals surface area (Å²) < 4.78 is 5.31. The standard InChI is InChI=1S/C14H27N3O3/c1-15(2)13-10-17(9-12(13)11-18)14(19)3-4-16-5-7-20-8-6-16/h12-13,18H,3-11H2,1-2H3/t12-,13+/m0/s1. The highest BCUT2D eigenvalue weighted by Gasteiger charge is 2.35. The van der Waals surface area contributed by atoms with Gasteiger partial charge in [-0.1, -0.05) is 0 Å². The molecular weight excluding hydrogens is 258 g/mol. The normalized spacial score (nSPS) is 28.3. The largest absolute Gasteiger partial charge is 0.396 e. The number of carbonyl (C=O) groups is 1. The van der Waals surface area contributed by atoms with Crippen LogP contribution in [0.2, 0.25) is 0 Å². The lowest BCUT2D eigenvalue weighted by atomic mass is 10.0. The first-order chi connectivity index (χ1) is 9.61. The predicted octanol–water partition coefficient (Wildman–Crippen LogP) is -0.910. The van der Waals surface area contributed by atoms with Crippen molar-refractivity contribution in [3.05, 3.63) is 0 Å². The summed E-state index contributed by atoms with van der Waals surface area (Å²) in [5.74, 6) is 0.386. The van der Waals surface area contributed by atoms with E-state index in [0.717, 1.165) is 39.4 Å². The lowest BCUT2D eigenvalue weighted by Crippen LogP contribution is -2.40. The van der Waals surface area contributed by atoms with Crippen LogP contribution in [-0.2, 0) is 9.53 Å². The van der Waals surface area contributed by atoms with Crippen molar-refractivity contribution in [2.24, 2.45) is 5.92 Å². The van der Waals surface area contributed by atoms with Crippen molar-refractivity contribution in [2.45, 2.75) is 12.5 Å². The molecule has 2 aliphatic heterocycles. The number of hydrogen-bond acceptors (Lipinski definition) is 5. The lowest BCUT2D eigenvalue weighted by molar-refractivity contribution is -0.131. The van der Waals surface area contributed by atoms with E-state index in [0.29, 0.717) is 13.0 Å². The summed E-state index contributed by atoms with van der Waals surface area (Å²) in [5.41, 5.74) is 0. The molecule has 20 heavy (non-hydrogen) atoms. The number of likely N-dealkylation sites (N-methyl/N-ethyl adjacent to an activating group) is 1. The molecule has 0 unspecified atom stereocenters. The Morgan fingerprint density at radius 1 is 1.30 bits per heavy atom. The zero-order valence-electron chi connectivity index (χ0n) is 12.6. The van der Waals surface area contributed by atoms with E-state index < -0.39 is 0 Å². The average Bonchev–Trinajstić information content (AvgIpc) is 2.90. The van der Waals surface area contributed by atoms with Gasteiger partial charge in [0.25, 0.3) is 0 Å². The van der Waals surface area contributed by atoms with Crippen molar-refractivity contribution in [3.63, 3.8) is 0 Å². The molecule has 0 aromatic rings. The number of hydrogen-bond donors (Lipinski definition) is 1. The number of nitrogens with zero attached hydrogens (tertiary/aromatic N) is 3. The highest BCUT2D eigenvalue weighted by atomic mass is 16.5. The molecule has 0 aliphatic carbocycles. The summed E-state index contributed by atoms with van der Waals surface area (Å²) in [6, 6.07) is 0.271. The van der Waals surface area contributed by atoms with Crippen LogP contribution in [0, 0.1) is 5.92 Å². The Hall–Kier alpha value is -0.690. The summed E-state index contributed by atoms with van der Waals surface area (Å²) in [4.78, 5) is 18.6. The van der Waals surface area contributed by atoms with Gasteiger partial charge < -0.3 is 19.6 Å². The molecule has 2 fully saturated rings. The third-order valence-electron chi connectivity index (χ3n) is 4.40. The number of carbonyl (C=O) groups excluding carboxylic acids is 1. The summed E-state index contributed by atoms with van der Waals surface area (Å²) in [6.45, 7) is 5.77. The molecule has 0 radical (unpaired) electrons. The zero-order chi connectivity index (χ0) is 14.5. The molecule has 1 amide bonds. The van der Waals surface area contributed by atoms with Gasteiger partial charge in [0.05, 0.1) is 13.2 Å². The molecule has 2 rings (SSSR count). The van der Waals surface area contributed by atoms with E-state index >= 15 is 0 Å². The van der Waals surface area contributed by atoms with Crippen molar-refractivity contribution < 1.29 is 14.6 Å². The third kappa shape index (κ3) is 3.91. The highest BCUT2D eigenvalue weighted by Crippen LogP contribution is 2.20. The number of aliphatic hydroxyl groups excluding tert-OH is 1. The highest BCUT2D eigenvalue weighted by molar-refractivity contribution is 5.76. The molecule has 0 aromatic carbocycles. The van der Waals surface area contributed by atoms with Gasteiger partial charge in [0.2, 0.25) is 5.91 Å². The predicted molar refractivity (Wildman–Crippen MR) is 76.5 cm³/mol. The van der Waals surface area contributed by atoms with Crippen LogP contribution in [0.25, 0.3) is 0 Å². The SMILES string of the molecule is CN(C)[C@@H]1CN(C(=O)CCN2CCOCC2)C[C@H]1CO. The molecule has 116 valence electrons. The average molecular weight is 285 g/mol. The van der Waals surface area contributed by atoms with E-state index in [1.807, 2.05) is 19.0 Å². The van der Waals surface area contributed by atoms with Crippen molar-refractivity contribution in [2.75, 3.05) is 66.6 Å². The van der Waals surface area contributed by atoms with E-state index in [-0.39, 0.29) is 24.5 Å². The summed E-state index contributed by atoms with van der Waals surface area (Å²) in [6.07, 6.45) is 0.568. The number of morpholine rings is 1. The first kappa shape index (κ1) is 15.7. The molecule has 2 atom stereocenters. The summed E-state index contributed by atoms with van der Waals surface area (Å²) in [7, 11) is 4.02. The number of rotatable bonds is 5.